The lowest BCUT2D eigenvalue weighted by atomic mass is 9.95. The lowest BCUT2D eigenvalue weighted by molar-refractivity contribution is 0.131. The predicted molar refractivity (Wildman–Crippen MR) is 85.3 cm³/mol. The first-order valence-electron chi connectivity index (χ1n) is 6.85. The molecule has 1 aliphatic rings. The Labute approximate surface area is 127 Å². The maximum atomic E-state index is 6.30. The monoisotopic (exact) mass is 302 g/mol. The summed E-state index contributed by atoms with van der Waals surface area (Å²) in [5.74, 6) is 0.772. The van der Waals surface area contributed by atoms with Gasteiger partial charge in [-0.1, -0.05) is 29.8 Å². The van der Waals surface area contributed by atoms with E-state index >= 15 is 0 Å². The summed E-state index contributed by atoms with van der Waals surface area (Å²) in [6, 6.07) is 8.63. The van der Waals surface area contributed by atoms with Crippen molar-refractivity contribution in [3.63, 3.8) is 0 Å². The number of benzene rings is 1. The fourth-order valence-electron chi connectivity index (χ4n) is 2.91. The smallest absolute Gasteiger partial charge is 0.0453 e. The van der Waals surface area contributed by atoms with Crippen molar-refractivity contribution in [2.45, 2.75) is 25.8 Å². The molecule has 1 saturated heterocycles. The molecule has 19 heavy (non-hydrogen) atoms. The van der Waals surface area contributed by atoms with E-state index in [4.69, 9.17) is 11.6 Å². The van der Waals surface area contributed by atoms with Crippen LogP contribution in [0.15, 0.2) is 24.3 Å². The van der Waals surface area contributed by atoms with Crippen LogP contribution in [0.3, 0.4) is 0 Å². The van der Waals surface area contributed by atoms with Gasteiger partial charge in [0.2, 0.25) is 0 Å². The van der Waals surface area contributed by atoms with Crippen LogP contribution in [-0.4, -0.2) is 31.6 Å². The second-order valence-electron chi connectivity index (χ2n) is 5.26. The Balaban J connectivity index is 0.00000180. The second kappa shape index (κ2) is 8.11. The molecule has 2 unspecified atom stereocenters. The molecule has 1 aliphatic heterocycles. The van der Waals surface area contributed by atoms with Crippen LogP contribution in [0.2, 0.25) is 5.02 Å². The minimum absolute atomic E-state index is 0. The zero-order chi connectivity index (χ0) is 13.0. The molecule has 1 N–H and O–H groups in total. The molecular weight excluding hydrogens is 279 g/mol. The van der Waals surface area contributed by atoms with Gasteiger partial charge in [-0.05, 0) is 57.5 Å². The number of nitrogens with one attached hydrogen (secondary N) is 1. The minimum atomic E-state index is 0. The topological polar surface area (TPSA) is 15.3 Å². The van der Waals surface area contributed by atoms with Crippen molar-refractivity contribution in [1.82, 2.24) is 10.2 Å². The lowest BCUT2D eigenvalue weighted by Gasteiger charge is -2.37. The number of nitrogens with zero attached hydrogens (tertiary/aromatic N) is 1. The number of rotatable bonds is 4. The van der Waals surface area contributed by atoms with Crippen LogP contribution in [0.4, 0.5) is 0 Å². The molecule has 0 spiro atoms. The van der Waals surface area contributed by atoms with Crippen LogP contribution in [0, 0.1) is 5.92 Å². The Morgan fingerprint density at radius 3 is 2.84 bits per heavy atom. The number of hydrogen-bond acceptors (Lipinski definition) is 2. The van der Waals surface area contributed by atoms with Gasteiger partial charge >= 0.3 is 0 Å². The van der Waals surface area contributed by atoms with Crippen LogP contribution < -0.4 is 5.32 Å². The molecule has 1 aromatic rings. The van der Waals surface area contributed by atoms with E-state index in [1.54, 1.807) is 0 Å². The van der Waals surface area contributed by atoms with E-state index in [1.807, 2.05) is 19.2 Å². The van der Waals surface area contributed by atoms with Crippen LogP contribution in [0.5, 0.6) is 0 Å². The van der Waals surface area contributed by atoms with E-state index in [9.17, 15) is 0 Å². The molecule has 2 rings (SSSR count). The highest BCUT2D eigenvalue weighted by atomic mass is 35.5. The van der Waals surface area contributed by atoms with Gasteiger partial charge in [0.15, 0.2) is 0 Å². The van der Waals surface area contributed by atoms with Crippen molar-refractivity contribution in [3.8, 4) is 0 Å². The van der Waals surface area contributed by atoms with Gasteiger partial charge in [-0.3, -0.25) is 4.90 Å². The van der Waals surface area contributed by atoms with Crippen molar-refractivity contribution >= 4 is 24.0 Å². The van der Waals surface area contributed by atoms with Gasteiger partial charge < -0.3 is 5.32 Å². The SMILES string of the molecule is CNCC1CCCN(C(C)c2ccccc2Cl)C1.Cl. The first-order chi connectivity index (χ1) is 8.72. The summed E-state index contributed by atoms with van der Waals surface area (Å²) in [7, 11) is 2.04. The normalized spacial score (nSPS) is 21.7. The highest BCUT2D eigenvalue weighted by Crippen LogP contribution is 2.30. The van der Waals surface area contributed by atoms with Crippen molar-refractivity contribution in [2.24, 2.45) is 5.92 Å². The van der Waals surface area contributed by atoms with Crippen molar-refractivity contribution < 1.29 is 0 Å². The molecular formula is C15H24Cl2N2. The third-order valence-corrected chi connectivity index (χ3v) is 4.29. The first kappa shape index (κ1) is 16.8. The van der Waals surface area contributed by atoms with E-state index in [0.29, 0.717) is 6.04 Å². The fourth-order valence-corrected chi connectivity index (χ4v) is 3.21. The van der Waals surface area contributed by atoms with Crippen molar-refractivity contribution in [1.29, 1.82) is 0 Å². The molecule has 2 atom stereocenters. The van der Waals surface area contributed by atoms with Crippen LogP contribution >= 0.6 is 24.0 Å². The van der Waals surface area contributed by atoms with Gasteiger partial charge in [0.25, 0.3) is 0 Å². The van der Waals surface area contributed by atoms with Gasteiger partial charge in [0, 0.05) is 17.6 Å². The molecule has 2 nitrogen and oxygen atoms in total. The van der Waals surface area contributed by atoms with Crippen LogP contribution in [-0.2, 0) is 0 Å². The average molecular weight is 303 g/mol. The lowest BCUT2D eigenvalue weighted by Crippen LogP contribution is -2.40. The quantitative estimate of drug-likeness (QED) is 0.911. The van der Waals surface area contributed by atoms with Gasteiger partial charge in [-0.25, -0.2) is 0 Å². The largest absolute Gasteiger partial charge is 0.319 e. The third kappa shape index (κ3) is 4.35. The van der Waals surface area contributed by atoms with E-state index in [2.05, 4.69) is 29.3 Å². The van der Waals surface area contributed by atoms with Gasteiger partial charge in [-0.2, -0.15) is 0 Å². The zero-order valence-electron chi connectivity index (χ0n) is 11.7. The molecule has 108 valence electrons. The Hall–Kier alpha value is -0.280. The van der Waals surface area contributed by atoms with Gasteiger partial charge in [0.05, 0.1) is 0 Å². The van der Waals surface area contributed by atoms with Crippen LogP contribution in [0.1, 0.15) is 31.4 Å². The Morgan fingerprint density at radius 2 is 2.16 bits per heavy atom. The Kier molecular flexibility index (Phi) is 7.16. The summed E-state index contributed by atoms with van der Waals surface area (Å²) < 4.78 is 0. The number of piperidine rings is 1. The first-order valence-corrected chi connectivity index (χ1v) is 7.23. The summed E-state index contributed by atoms with van der Waals surface area (Å²) in [4.78, 5) is 2.56. The summed E-state index contributed by atoms with van der Waals surface area (Å²) in [6.07, 6.45) is 2.63. The van der Waals surface area contributed by atoms with Gasteiger partial charge in [-0.15, -0.1) is 12.4 Å². The van der Waals surface area contributed by atoms with E-state index in [1.165, 1.54) is 31.5 Å². The number of likely N-dealkylation sites (tertiary alicyclic amines) is 1. The molecule has 0 bridgehead atoms. The third-order valence-electron chi connectivity index (χ3n) is 3.95. The Morgan fingerprint density at radius 1 is 1.42 bits per heavy atom. The van der Waals surface area contributed by atoms with E-state index < -0.39 is 0 Å². The standard InChI is InChI=1S/C15H23ClN2.ClH/c1-12(14-7-3-4-8-15(14)16)18-9-5-6-13(11-18)10-17-2;/h3-4,7-8,12-13,17H,5-6,9-11H2,1-2H3;1H. The van der Waals surface area contributed by atoms with Gasteiger partial charge in [0.1, 0.15) is 0 Å². The minimum Gasteiger partial charge on any atom is -0.319 e. The molecule has 0 radical (unpaired) electrons. The predicted octanol–water partition coefficient (Wildman–Crippen LogP) is 3.75. The average Bonchev–Trinajstić information content (AvgIpc) is 2.39. The molecule has 0 saturated carbocycles. The Bertz CT molecular complexity index is 382. The second-order valence-corrected chi connectivity index (χ2v) is 5.67. The summed E-state index contributed by atoms with van der Waals surface area (Å²) >= 11 is 6.30. The molecule has 0 aromatic heterocycles. The van der Waals surface area contributed by atoms with Crippen molar-refractivity contribution in [2.75, 3.05) is 26.7 Å². The summed E-state index contributed by atoms with van der Waals surface area (Å²) in [5, 5.41) is 4.18. The molecule has 4 heteroatoms. The highest BCUT2D eigenvalue weighted by molar-refractivity contribution is 6.31. The molecule has 0 amide bonds. The molecule has 0 aliphatic carbocycles. The fraction of sp³-hybridized carbons (Fsp3) is 0.600. The van der Waals surface area contributed by atoms with Crippen molar-refractivity contribution in [3.05, 3.63) is 34.9 Å². The van der Waals surface area contributed by atoms with E-state index in [-0.39, 0.29) is 12.4 Å². The number of halogens is 2. The summed E-state index contributed by atoms with van der Waals surface area (Å²) in [5.41, 5.74) is 1.25. The molecule has 1 heterocycles. The maximum Gasteiger partial charge on any atom is 0.0453 e. The van der Waals surface area contributed by atoms with Crippen LogP contribution in [0.25, 0.3) is 0 Å². The molecule has 1 fully saturated rings. The summed E-state index contributed by atoms with van der Waals surface area (Å²) in [6.45, 7) is 5.74. The highest BCUT2D eigenvalue weighted by Gasteiger charge is 2.24. The number of hydrogen-bond donors (Lipinski definition) is 1. The molecule has 1 aromatic carbocycles. The maximum absolute atomic E-state index is 6.30. The zero-order valence-corrected chi connectivity index (χ0v) is 13.3. The van der Waals surface area contributed by atoms with E-state index in [0.717, 1.165) is 17.5 Å².